The van der Waals surface area contributed by atoms with Gasteiger partial charge in [-0.2, -0.15) is 31.4 Å². The molecule has 144 valence electrons. The summed E-state index contributed by atoms with van der Waals surface area (Å²) in [5.74, 6) is -0.481. The zero-order valence-corrected chi connectivity index (χ0v) is 15.1. The second kappa shape index (κ2) is 6.70. The highest BCUT2D eigenvalue weighted by atomic mass is 79.9. The third-order valence-electron chi connectivity index (χ3n) is 3.60. The summed E-state index contributed by atoms with van der Waals surface area (Å²) in [6.45, 7) is 1.46. The van der Waals surface area contributed by atoms with Crippen LogP contribution in [-0.4, -0.2) is 21.2 Å². The molecule has 3 rings (SSSR count). The fourth-order valence-electron chi connectivity index (χ4n) is 2.48. The topological polar surface area (TPSA) is 39.4 Å². The predicted molar refractivity (Wildman–Crippen MR) is 87.3 cm³/mol. The standard InChI is InChI=1S/C16H10BrF6N3O/c1-2-27-12-5-8(3-4-9(12)15(18,19)20)11-6-13(16(21,22)23)26-14(25-11)10(17)7-24-26/h3-7H,2H2,1H3. The van der Waals surface area contributed by atoms with Crippen molar-refractivity contribution in [3.8, 4) is 17.0 Å². The highest BCUT2D eigenvalue weighted by Crippen LogP contribution is 2.39. The van der Waals surface area contributed by atoms with Crippen molar-refractivity contribution < 1.29 is 31.1 Å². The Bertz CT molecular complexity index is 996. The van der Waals surface area contributed by atoms with E-state index in [-0.39, 0.29) is 28.0 Å². The summed E-state index contributed by atoms with van der Waals surface area (Å²) in [6, 6.07) is 3.56. The van der Waals surface area contributed by atoms with E-state index in [1.807, 2.05) is 0 Å². The molecule has 0 aliphatic carbocycles. The Balaban J connectivity index is 2.23. The molecule has 0 fully saturated rings. The quantitative estimate of drug-likeness (QED) is 0.485. The van der Waals surface area contributed by atoms with Crippen molar-refractivity contribution in [3.05, 3.63) is 46.2 Å². The molecule has 0 N–H and O–H groups in total. The summed E-state index contributed by atoms with van der Waals surface area (Å²) in [5, 5.41) is 3.63. The molecule has 0 spiro atoms. The molecule has 0 amide bonds. The van der Waals surface area contributed by atoms with Gasteiger partial charge in [0.05, 0.1) is 28.5 Å². The molecular formula is C16H10BrF6N3O. The molecule has 3 aromatic rings. The van der Waals surface area contributed by atoms with Crippen molar-refractivity contribution in [2.24, 2.45) is 0 Å². The molecule has 0 saturated heterocycles. The largest absolute Gasteiger partial charge is 0.493 e. The lowest BCUT2D eigenvalue weighted by Gasteiger charge is -2.15. The van der Waals surface area contributed by atoms with Crippen LogP contribution in [0.4, 0.5) is 26.3 Å². The average Bonchev–Trinajstić information content (AvgIpc) is 2.93. The molecule has 0 radical (unpaired) electrons. The summed E-state index contributed by atoms with van der Waals surface area (Å²) >= 11 is 3.06. The maximum absolute atomic E-state index is 13.4. The SMILES string of the molecule is CCOc1cc(-c2cc(C(F)(F)F)n3ncc(Br)c3n2)ccc1C(F)(F)F. The van der Waals surface area contributed by atoms with E-state index in [1.54, 1.807) is 0 Å². The van der Waals surface area contributed by atoms with Crippen LogP contribution < -0.4 is 4.74 Å². The fourth-order valence-corrected chi connectivity index (χ4v) is 2.82. The molecule has 27 heavy (non-hydrogen) atoms. The van der Waals surface area contributed by atoms with Gasteiger partial charge in [0.1, 0.15) is 5.75 Å². The summed E-state index contributed by atoms with van der Waals surface area (Å²) < 4.78 is 85.2. The van der Waals surface area contributed by atoms with E-state index in [4.69, 9.17) is 4.74 Å². The molecule has 2 aromatic heterocycles. The van der Waals surface area contributed by atoms with E-state index >= 15 is 0 Å². The first-order valence-corrected chi connectivity index (χ1v) is 8.27. The molecule has 0 aliphatic rings. The zero-order valence-electron chi connectivity index (χ0n) is 13.5. The lowest BCUT2D eigenvalue weighted by Crippen LogP contribution is -2.14. The Hall–Kier alpha value is -2.30. The van der Waals surface area contributed by atoms with Crippen LogP contribution in [0.5, 0.6) is 5.75 Å². The first-order valence-electron chi connectivity index (χ1n) is 7.48. The van der Waals surface area contributed by atoms with Crippen molar-refractivity contribution in [2.45, 2.75) is 19.3 Å². The molecule has 0 bridgehead atoms. The first kappa shape index (κ1) is 19.5. The second-order valence-corrected chi connectivity index (χ2v) is 6.25. The number of hydrogen-bond donors (Lipinski definition) is 0. The lowest BCUT2D eigenvalue weighted by molar-refractivity contribution is -0.142. The van der Waals surface area contributed by atoms with Crippen LogP contribution in [0, 0.1) is 0 Å². The Morgan fingerprint density at radius 1 is 1.07 bits per heavy atom. The van der Waals surface area contributed by atoms with E-state index in [0.717, 1.165) is 30.5 Å². The van der Waals surface area contributed by atoms with Gasteiger partial charge in [0.15, 0.2) is 11.3 Å². The van der Waals surface area contributed by atoms with Gasteiger partial charge in [0.25, 0.3) is 0 Å². The molecule has 2 heterocycles. The third kappa shape index (κ3) is 3.73. The second-order valence-electron chi connectivity index (χ2n) is 5.39. The molecule has 1 aromatic carbocycles. The smallest absolute Gasteiger partial charge is 0.433 e. The fraction of sp³-hybridized carbons (Fsp3) is 0.250. The highest BCUT2D eigenvalue weighted by molar-refractivity contribution is 9.10. The van der Waals surface area contributed by atoms with Crippen LogP contribution in [0.1, 0.15) is 18.2 Å². The first-order chi connectivity index (χ1) is 12.5. The molecule has 0 saturated carbocycles. The number of ether oxygens (including phenoxy) is 1. The number of fused-ring (bicyclic) bond motifs is 1. The summed E-state index contributed by atoms with van der Waals surface area (Å²) in [4.78, 5) is 4.09. The maximum Gasteiger partial charge on any atom is 0.433 e. The summed E-state index contributed by atoms with van der Waals surface area (Å²) in [6.07, 6.45) is -8.25. The van der Waals surface area contributed by atoms with Gasteiger partial charge in [0, 0.05) is 5.56 Å². The zero-order chi connectivity index (χ0) is 20.0. The summed E-state index contributed by atoms with van der Waals surface area (Å²) in [7, 11) is 0. The van der Waals surface area contributed by atoms with Crippen molar-refractivity contribution in [2.75, 3.05) is 6.61 Å². The minimum Gasteiger partial charge on any atom is -0.493 e. The van der Waals surface area contributed by atoms with Crippen LogP contribution >= 0.6 is 15.9 Å². The Labute approximate surface area is 156 Å². The highest BCUT2D eigenvalue weighted by Gasteiger charge is 2.36. The van der Waals surface area contributed by atoms with E-state index < -0.39 is 29.4 Å². The van der Waals surface area contributed by atoms with Crippen molar-refractivity contribution in [1.82, 2.24) is 14.6 Å². The van der Waals surface area contributed by atoms with E-state index in [0.29, 0.717) is 4.52 Å². The monoisotopic (exact) mass is 453 g/mol. The normalized spacial score (nSPS) is 12.6. The van der Waals surface area contributed by atoms with Crippen LogP contribution in [-0.2, 0) is 12.4 Å². The van der Waals surface area contributed by atoms with E-state index in [9.17, 15) is 26.3 Å². The number of halogens is 7. The Morgan fingerprint density at radius 2 is 1.78 bits per heavy atom. The van der Waals surface area contributed by atoms with Gasteiger partial charge in [-0.05, 0) is 41.1 Å². The molecule has 0 aliphatic heterocycles. The molecule has 0 unspecified atom stereocenters. The van der Waals surface area contributed by atoms with Gasteiger partial charge >= 0.3 is 12.4 Å². The van der Waals surface area contributed by atoms with Gasteiger partial charge < -0.3 is 4.74 Å². The van der Waals surface area contributed by atoms with Crippen LogP contribution in [0.3, 0.4) is 0 Å². The molecular weight excluding hydrogens is 444 g/mol. The number of rotatable bonds is 3. The van der Waals surface area contributed by atoms with Gasteiger partial charge in [0.2, 0.25) is 0 Å². The van der Waals surface area contributed by atoms with Gasteiger partial charge in [-0.15, -0.1) is 0 Å². The number of hydrogen-bond acceptors (Lipinski definition) is 3. The van der Waals surface area contributed by atoms with Crippen LogP contribution in [0.2, 0.25) is 0 Å². The van der Waals surface area contributed by atoms with Gasteiger partial charge in [-0.3, -0.25) is 0 Å². The predicted octanol–water partition coefficient (Wildman–Crippen LogP) is 5.60. The molecule has 11 heteroatoms. The van der Waals surface area contributed by atoms with Crippen LogP contribution in [0.15, 0.2) is 34.9 Å². The maximum atomic E-state index is 13.4. The van der Waals surface area contributed by atoms with Gasteiger partial charge in [-0.1, -0.05) is 6.07 Å². The van der Waals surface area contributed by atoms with Crippen molar-refractivity contribution in [1.29, 1.82) is 0 Å². The number of aromatic nitrogens is 3. The number of benzene rings is 1. The minimum atomic E-state index is -4.74. The summed E-state index contributed by atoms with van der Waals surface area (Å²) in [5.41, 5.74) is -2.35. The molecule has 4 nitrogen and oxygen atoms in total. The van der Waals surface area contributed by atoms with Crippen molar-refractivity contribution >= 4 is 21.6 Å². The minimum absolute atomic E-state index is 0.0407. The Kier molecular flexibility index (Phi) is 4.83. The van der Waals surface area contributed by atoms with E-state index in [1.165, 1.54) is 6.92 Å². The van der Waals surface area contributed by atoms with E-state index in [2.05, 4.69) is 26.0 Å². The Morgan fingerprint density at radius 3 is 2.37 bits per heavy atom. The van der Waals surface area contributed by atoms with Gasteiger partial charge in [-0.25, -0.2) is 9.50 Å². The third-order valence-corrected chi connectivity index (χ3v) is 4.16. The number of alkyl halides is 6. The number of nitrogens with zero attached hydrogens (tertiary/aromatic N) is 3. The van der Waals surface area contributed by atoms with Crippen molar-refractivity contribution in [3.63, 3.8) is 0 Å². The average molecular weight is 454 g/mol. The molecule has 0 atom stereocenters. The lowest BCUT2D eigenvalue weighted by atomic mass is 10.1. The van der Waals surface area contributed by atoms with Crippen LogP contribution in [0.25, 0.3) is 16.9 Å².